The maximum absolute atomic E-state index is 11.6. The Morgan fingerprint density at radius 1 is 1.20 bits per heavy atom. The molecular weight excluding hydrogens is 365 g/mol. The van der Waals surface area contributed by atoms with Crippen LogP contribution in [0, 0.1) is 0 Å². The third-order valence-electron chi connectivity index (χ3n) is 3.22. The van der Waals surface area contributed by atoms with Gasteiger partial charge in [-0.25, -0.2) is 8.42 Å². The van der Waals surface area contributed by atoms with Gasteiger partial charge in [-0.15, -0.1) is 0 Å². The first-order chi connectivity index (χ1) is 11.6. The van der Waals surface area contributed by atoms with Crippen LogP contribution in [-0.4, -0.2) is 57.4 Å². The Kier molecular flexibility index (Phi) is 8.29. The molecule has 7 nitrogen and oxygen atoms in total. The maximum Gasteiger partial charge on any atom is 0.485 e. The van der Waals surface area contributed by atoms with E-state index in [1.54, 1.807) is 0 Å². The van der Waals surface area contributed by atoms with Crippen molar-refractivity contribution in [1.29, 1.82) is 0 Å². The van der Waals surface area contributed by atoms with Gasteiger partial charge in [0.05, 0.1) is 19.5 Å². The van der Waals surface area contributed by atoms with E-state index in [0.29, 0.717) is 13.2 Å². The van der Waals surface area contributed by atoms with E-state index in [4.69, 9.17) is 17.7 Å². The highest BCUT2D eigenvalue weighted by Crippen LogP contribution is 2.20. The number of hydrogen-bond acceptors (Lipinski definition) is 6. The van der Waals surface area contributed by atoms with Crippen molar-refractivity contribution < 1.29 is 40.6 Å². The van der Waals surface area contributed by atoms with Crippen LogP contribution in [0.4, 0.5) is 13.2 Å². The predicted molar refractivity (Wildman–Crippen MR) is 80.4 cm³/mol. The lowest BCUT2D eigenvalue weighted by atomic mass is 10.2. The first kappa shape index (κ1) is 21.4. The number of carbonyl (C=O) groups is 1. The van der Waals surface area contributed by atoms with Crippen LogP contribution in [0.3, 0.4) is 0 Å². The average molecular weight is 384 g/mol. The van der Waals surface area contributed by atoms with Gasteiger partial charge >= 0.3 is 11.5 Å². The minimum Gasteiger partial charge on any atom is -0.741 e. The Morgan fingerprint density at radius 2 is 1.72 bits per heavy atom. The lowest BCUT2D eigenvalue weighted by Gasteiger charge is -2.23. The molecule has 0 unspecified atom stereocenters. The number of ether oxygens (including phenoxy) is 1. The number of nitrogens with one attached hydrogen (secondary N) is 2. The molecule has 1 aliphatic rings. The minimum absolute atomic E-state index is 0.137. The summed E-state index contributed by atoms with van der Waals surface area (Å²) in [5, 5.41) is 3.28. The highest BCUT2D eigenvalue weighted by molar-refractivity contribution is 7.86. The van der Waals surface area contributed by atoms with Gasteiger partial charge in [0.25, 0.3) is 0 Å². The largest absolute Gasteiger partial charge is 0.741 e. The van der Waals surface area contributed by atoms with Crippen molar-refractivity contribution in [2.24, 2.45) is 0 Å². The molecule has 1 heterocycles. The molecule has 0 bridgehead atoms. The summed E-state index contributed by atoms with van der Waals surface area (Å²) in [6.45, 7) is 4.56. The van der Waals surface area contributed by atoms with Gasteiger partial charge in [0.1, 0.15) is 0 Å². The summed E-state index contributed by atoms with van der Waals surface area (Å²) < 4.78 is 64.2. The Bertz CT molecular complexity index is 632. The van der Waals surface area contributed by atoms with Crippen LogP contribution in [0.25, 0.3) is 0 Å². The number of piperazine rings is 1. The first-order valence-electron chi connectivity index (χ1n) is 7.35. The van der Waals surface area contributed by atoms with Crippen LogP contribution < -0.4 is 10.2 Å². The molecule has 1 aliphatic heterocycles. The zero-order valence-electron chi connectivity index (χ0n) is 13.2. The number of esters is 1. The third-order valence-corrected chi connectivity index (χ3v) is 3.79. The van der Waals surface area contributed by atoms with E-state index in [-0.39, 0.29) is 5.97 Å². The molecule has 25 heavy (non-hydrogen) atoms. The van der Waals surface area contributed by atoms with Crippen LogP contribution in [0.15, 0.2) is 30.3 Å². The van der Waals surface area contributed by atoms with Gasteiger partial charge in [0.15, 0.2) is 10.1 Å². The highest BCUT2D eigenvalue weighted by atomic mass is 32.2. The smallest absolute Gasteiger partial charge is 0.485 e. The van der Waals surface area contributed by atoms with Gasteiger partial charge in [-0.3, -0.25) is 4.79 Å². The summed E-state index contributed by atoms with van der Waals surface area (Å²) in [4.78, 5) is 12.9. The van der Waals surface area contributed by atoms with E-state index in [2.05, 4.69) is 5.32 Å². The molecule has 0 amide bonds. The van der Waals surface area contributed by atoms with Crippen molar-refractivity contribution in [2.75, 3.05) is 32.9 Å². The normalized spacial score (nSPS) is 15.8. The molecule has 0 saturated carbocycles. The van der Waals surface area contributed by atoms with Crippen molar-refractivity contribution in [3.8, 4) is 0 Å². The number of alkyl halides is 3. The standard InChI is InChI=1S/C13H18N2O2.CHF3O3S/c16-13(10-12-4-2-1-3-5-12)17-11-15-8-6-14-7-9-15;2-1(3,4)8(5,6)7/h1-5,14H,6-11H2;(H,5,6,7). The summed E-state index contributed by atoms with van der Waals surface area (Å²) in [7, 11) is -6.09. The number of carbonyl (C=O) groups excluding carboxylic acids is 1. The zero-order chi connectivity index (χ0) is 18.9. The maximum atomic E-state index is 11.6. The first-order valence-corrected chi connectivity index (χ1v) is 8.76. The monoisotopic (exact) mass is 384 g/mol. The number of halogens is 3. The molecule has 11 heteroatoms. The lowest BCUT2D eigenvalue weighted by Crippen LogP contribution is -3.15. The summed E-state index contributed by atoms with van der Waals surface area (Å²) in [6.07, 6.45) is 0.367. The van der Waals surface area contributed by atoms with Gasteiger partial charge in [-0.2, -0.15) is 13.2 Å². The average Bonchev–Trinajstić information content (AvgIpc) is 2.54. The second-order valence-electron chi connectivity index (χ2n) is 5.22. The van der Waals surface area contributed by atoms with Gasteiger partial charge in [0, 0.05) is 13.1 Å². The molecule has 142 valence electrons. The van der Waals surface area contributed by atoms with E-state index in [0.717, 1.165) is 31.7 Å². The molecule has 1 saturated heterocycles. The third kappa shape index (κ3) is 8.82. The van der Waals surface area contributed by atoms with E-state index in [1.165, 1.54) is 4.90 Å². The second kappa shape index (κ2) is 9.70. The lowest BCUT2D eigenvalue weighted by molar-refractivity contribution is -0.918. The van der Waals surface area contributed by atoms with Gasteiger partial charge in [-0.1, -0.05) is 30.3 Å². The van der Waals surface area contributed by atoms with E-state index in [9.17, 15) is 18.0 Å². The molecule has 0 atom stereocenters. The quantitative estimate of drug-likeness (QED) is 0.403. The van der Waals surface area contributed by atoms with Gasteiger partial charge < -0.3 is 19.5 Å². The van der Waals surface area contributed by atoms with Crippen molar-refractivity contribution in [2.45, 2.75) is 11.9 Å². The van der Waals surface area contributed by atoms with Crippen molar-refractivity contribution in [3.05, 3.63) is 35.9 Å². The fourth-order valence-corrected chi connectivity index (χ4v) is 1.92. The Labute approximate surface area is 143 Å². The van der Waals surface area contributed by atoms with E-state index >= 15 is 0 Å². The topological polar surface area (TPSA) is 100.0 Å². The fraction of sp³-hybridized carbons (Fsp3) is 0.500. The molecule has 1 aromatic rings. The highest BCUT2D eigenvalue weighted by Gasteiger charge is 2.36. The number of quaternary nitrogens is 1. The molecular formula is C14H19F3N2O5S. The number of rotatable bonds is 4. The predicted octanol–water partition coefficient (Wildman–Crippen LogP) is -0.731. The number of benzene rings is 1. The van der Waals surface area contributed by atoms with Crippen molar-refractivity contribution >= 4 is 16.1 Å². The van der Waals surface area contributed by atoms with Gasteiger partial charge in [-0.05, 0) is 5.56 Å². The van der Waals surface area contributed by atoms with Crippen LogP contribution in [0.2, 0.25) is 0 Å². The molecule has 0 spiro atoms. The summed E-state index contributed by atoms with van der Waals surface area (Å²) >= 11 is 0. The molecule has 1 aromatic carbocycles. The van der Waals surface area contributed by atoms with Crippen LogP contribution >= 0.6 is 0 Å². The minimum atomic E-state index is -6.09. The van der Waals surface area contributed by atoms with E-state index < -0.39 is 15.6 Å². The molecule has 2 rings (SSSR count). The summed E-state index contributed by atoms with van der Waals surface area (Å²) in [6, 6.07) is 9.70. The van der Waals surface area contributed by atoms with Crippen LogP contribution in [0.5, 0.6) is 0 Å². The molecule has 0 aromatic heterocycles. The second-order valence-corrected chi connectivity index (χ2v) is 6.59. The Morgan fingerprint density at radius 3 is 2.20 bits per heavy atom. The van der Waals surface area contributed by atoms with Gasteiger partial charge in [0.2, 0.25) is 6.73 Å². The van der Waals surface area contributed by atoms with Crippen LogP contribution in [-0.2, 0) is 26.1 Å². The Hall–Kier alpha value is -1.69. The Balaban J connectivity index is 0.000000333. The molecule has 2 N–H and O–H groups in total. The van der Waals surface area contributed by atoms with Crippen molar-refractivity contribution in [3.63, 3.8) is 0 Å². The van der Waals surface area contributed by atoms with E-state index in [1.807, 2.05) is 30.3 Å². The van der Waals surface area contributed by atoms with Crippen molar-refractivity contribution in [1.82, 2.24) is 5.32 Å². The number of hydrogen-bond donors (Lipinski definition) is 2. The molecule has 0 radical (unpaired) electrons. The molecule has 0 aliphatic carbocycles. The summed E-state index contributed by atoms with van der Waals surface area (Å²) in [5.41, 5.74) is -4.64. The molecule has 1 fully saturated rings. The zero-order valence-corrected chi connectivity index (χ0v) is 14.0. The fourth-order valence-electron chi connectivity index (χ4n) is 1.92. The summed E-state index contributed by atoms with van der Waals surface area (Å²) in [5.74, 6) is -0.137. The van der Waals surface area contributed by atoms with Crippen LogP contribution in [0.1, 0.15) is 5.56 Å². The SMILES string of the molecule is O=C(Cc1ccccc1)OC[NH+]1CCNCC1.O=S(=O)([O-])C(F)(F)F.